The summed E-state index contributed by atoms with van der Waals surface area (Å²) >= 11 is 0. The molecule has 1 aliphatic heterocycles. The summed E-state index contributed by atoms with van der Waals surface area (Å²) < 4.78 is 27.3. The molecule has 1 aliphatic rings. The van der Waals surface area contributed by atoms with Crippen LogP contribution in [0.3, 0.4) is 0 Å². The smallest absolute Gasteiger partial charge is 0.247 e. The van der Waals surface area contributed by atoms with Gasteiger partial charge >= 0.3 is 0 Å². The standard InChI is InChI=1S/C20H19F2N3O3/c21-14-5-3-4-13(10-14)11-17(26)24-12-18(27)25-9-8-23-20(28)19(25)15-6-1-2-7-16(15)22/h1-7,10,19H,8-9,11-12H2,(H,23,28)(H,24,26). The van der Waals surface area contributed by atoms with Gasteiger partial charge in [0, 0.05) is 18.7 Å². The van der Waals surface area contributed by atoms with E-state index < -0.39 is 35.4 Å². The second-order valence-electron chi connectivity index (χ2n) is 6.39. The molecule has 1 saturated heterocycles. The van der Waals surface area contributed by atoms with Gasteiger partial charge in [-0.1, -0.05) is 30.3 Å². The zero-order chi connectivity index (χ0) is 20.1. The van der Waals surface area contributed by atoms with Crippen LogP contribution < -0.4 is 10.6 Å². The lowest BCUT2D eigenvalue weighted by atomic mass is 10.0. The van der Waals surface area contributed by atoms with Gasteiger partial charge in [-0.05, 0) is 23.8 Å². The molecule has 0 spiro atoms. The lowest BCUT2D eigenvalue weighted by Crippen LogP contribution is -2.54. The molecule has 2 N–H and O–H groups in total. The third kappa shape index (κ3) is 4.51. The fourth-order valence-corrected chi connectivity index (χ4v) is 3.11. The Hall–Kier alpha value is -3.29. The molecule has 2 aromatic carbocycles. The Morgan fingerprint density at radius 3 is 2.68 bits per heavy atom. The van der Waals surface area contributed by atoms with Crippen LogP contribution in [0.5, 0.6) is 0 Å². The first-order chi connectivity index (χ1) is 13.5. The van der Waals surface area contributed by atoms with Crippen LogP contribution in [0.15, 0.2) is 48.5 Å². The Labute approximate surface area is 160 Å². The molecule has 28 heavy (non-hydrogen) atoms. The lowest BCUT2D eigenvalue weighted by molar-refractivity contribution is -0.143. The number of carbonyl (C=O) groups is 3. The zero-order valence-electron chi connectivity index (χ0n) is 15.0. The third-order valence-electron chi connectivity index (χ3n) is 4.42. The van der Waals surface area contributed by atoms with Crippen LogP contribution in [0.4, 0.5) is 8.78 Å². The normalized spacial score (nSPS) is 16.4. The number of carbonyl (C=O) groups excluding carboxylic acids is 3. The van der Waals surface area contributed by atoms with Gasteiger partial charge in [0.25, 0.3) is 0 Å². The van der Waals surface area contributed by atoms with Crippen LogP contribution in [-0.2, 0) is 20.8 Å². The summed E-state index contributed by atoms with van der Waals surface area (Å²) in [6.07, 6.45) is -0.0811. The molecule has 1 atom stereocenters. The number of rotatable bonds is 5. The maximum atomic E-state index is 14.2. The van der Waals surface area contributed by atoms with E-state index in [2.05, 4.69) is 10.6 Å². The monoisotopic (exact) mass is 387 g/mol. The van der Waals surface area contributed by atoms with Gasteiger partial charge in [-0.3, -0.25) is 14.4 Å². The average molecular weight is 387 g/mol. The van der Waals surface area contributed by atoms with Crippen LogP contribution in [-0.4, -0.2) is 42.3 Å². The number of nitrogens with one attached hydrogen (secondary N) is 2. The van der Waals surface area contributed by atoms with Crippen molar-refractivity contribution in [1.82, 2.24) is 15.5 Å². The minimum absolute atomic E-state index is 0.0811. The van der Waals surface area contributed by atoms with Gasteiger partial charge < -0.3 is 15.5 Å². The minimum Gasteiger partial charge on any atom is -0.352 e. The molecule has 0 aromatic heterocycles. The van der Waals surface area contributed by atoms with Gasteiger partial charge in [0.15, 0.2) is 0 Å². The van der Waals surface area contributed by atoms with E-state index in [0.29, 0.717) is 5.56 Å². The average Bonchev–Trinajstić information content (AvgIpc) is 2.67. The van der Waals surface area contributed by atoms with E-state index >= 15 is 0 Å². The van der Waals surface area contributed by atoms with Crippen LogP contribution in [0.2, 0.25) is 0 Å². The molecule has 2 aromatic rings. The van der Waals surface area contributed by atoms with E-state index in [0.717, 1.165) is 0 Å². The largest absolute Gasteiger partial charge is 0.352 e. The second kappa shape index (κ2) is 8.60. The van der Waals surface area contributed by atoms with Gasteiger partial charge in [0.05, 0.1) is 13.0 Å². The SMILES string of the molecule is O=C(Cc1cccc(F)c1)NCC(=O)N1CCNC(=O)C1c1ccccc1F. The first kappa shape index (κ1) is 19.5. The molecule has 0 aliphatic carbocycles. The number of amides is 3. The number of piperazine rings is 1. The maximum Gasteiger partial charge on any atom is 0.247 e. The number of halogens is 2. The highest BCUT2D eigenvalue weighted by Crippen LogP contribution is 2.25. The van der Waals surface area contributed by atoms with Crippen molar-refractivity contribution in [2.24, 2.45) is 0 Å². The number of nitrogens with zero attached hydrogens (tertiary/aromatic N) is 1. The molecule has 1 fully saturated rings. The Balaban J connectivity index is 1.65. The fraction of sp³-hybridized carbons (Fsp3) is 0.250. The van der Waals surface area contributed by atoms with E-state index in [1.165, 1.54) is 41.3 Å². The molecule has 3 amide bonds. The molecule has 0 radical (unpaired) electrons. The van der Waals surface area contributed by atoms with Gasteiger partial charge in [0.2, 0.25) is 17.7 Å². The summed E-state index contributed by atoms with van der Waals surface area (Å²) in [7, 11) is 0. The molecular weight excluding hydrogens is 368 g/mol. The first-order valence-corrected chi connectivity index (χ1v) is 8.78. The molecule has 6 nitrogen and oxygen atoms in total. The maximum absolute atomic E-state index is 14.2. The molecule has 8 heteroatoms. The summed E-state index contributed by atoms with van der Waals surface area (Å²) in [5.74, 6) is -2.47. The van der Waals surface area contributed by atoms with E-state index in [1.54, 1.807) is 12.1 Å². The van der Waals surface area contributed by atoms with Gasteiger partial charge in [-0.15, -0.1) is 0 Å². The highest BCUT2D eigenvalue weighted by Gasteiger charge is 2.35. The van der Waals surface area contributed by atoms with Crippen molar-refractivity contribution in [3.8, 4) is 0 Å². The van der Waals surface area contributed by atoms with Crippen LogP contribution in [0.25, 0.3) is 0 Å². The predicted molar refractivity (Wildman–Crippen MR) is 97.0 cm³/mol. The number of benzene rings is 2. The summed E-state index contributed by atoms with van der Waals surface area (Å²) in [5, 5.41) is 5.09. The van der Waals surface area contributed by atoms with E-state index in [9.17, 15) is 23.2 Å². The van der Waals surface area contributed by atoms with Crippen LogP contribution in [0.1, 0.15) is 17.2 Å². The van der Waals surface area contributed by atoms with Crippen molar-refractivity contribution in [2.75, 3.05) is 19.6 Å². The zero-order valence-corrected chi connectivity index (χ0v) is 15.0. The first-order valence-electron chi connectivity index (χ1n) is 8.78. The lowest BCUT2D eigenvalue weighted by Gasteiger charge is -2.35. The van der Waals surface area contributed by atoms with Crippen molar-refractivity contribution in [1.29, 1.82) is 0 Å². The topological polar surface area (TPSA) is 78.5 Å². The van der Waals surface area contributed by atoms with Crippen LogP contribution >= 0.6 is 0 Å². The number of hydrogen-bond acceptors (Lipinski definition) is 3. The number of hydrogen-bond donors (Lipinski definition) is 2. The van der Waals surface area contributed by atoms with Gasteiger partial charge in [0.1, 0.15) is 17.7 Å². The Bertz CT molecular complexity index is 904. The van der Waals surface area contributed by atoms with Crippen LogP contribution in [0, 0.1) is 11.6 Å². The molecule has 3 rings (SSSR count). The molecule has 0 saturated carbocycles. The fourth-order valence-electron chi connectivity index (χ4n) is 3.11. The summed E-state index contributed by atoms with van der Waals surface area (Å²) in [6, 6.07) is 10.3. The molecule has 1 heterocycles. The quantitative estimate of drug-likeness (QED) is 0.812. The van der Waals surface area contributed by atoms with Crippen molar-refractivity contribution in [3.63, 3.8) is 0 Å². The molecule has 1 unspecified atom stereocenters. The van der Waals surface area contributed by atoms with Crippen molar-refractivity contribution in [2.45, 2.75) is 12.5 Å². The van der Waals surface area contributed by atoms with Crippen molar-refractivity contribution >= 4 is 17.7 Å². The Morgan fingerprint density at radius 1 is 1.14 bits per heavy atom. The van der Waals surface area contributed by atoms with Gasteiger partial charge in [-0.2, -0.15) is 0 Å². The summed E-state index contributed by atoms with van der Waals surface area (Å²) in [5.41, 5.74) is 0.575. The van der Waals surface area contributed by atoms with E-state index in [1.807, 2.05) is 0 Å². The minimum atomic E-state index is -1.09. The van der Waals surface area contributed by atoms with E-state index in [4.69, 9.17) is 0 Å². The van der Waals surface area contributed by atoms with Crippen molar-refractivity contribution < 1.29 is 23.2 Å². The highest BCUT2D eigenvalue weighted by molar-refractivity contribution is 5.92. The Morgan fingerprint density at radius 2 is 1.93 bits per heavy atom. The predicted octanol–water partition coefficient (Wildman–Crippen LogP) is 1.32. The molecular formula is C20H19F2N3O3. The summed E-state index contributed by atoms with van der Waals surface area (Å²) in [4.78, 5) is 38.2. The Kier molecular flexibility index (Phi) is 5.98. The second-order valence-corrected chi connectivity index (χ2v) is 6.39. The van der Waals surface area contributed by atoms with E-state index in [-0.39, 0.29) is 31.6 Å². The highest BCUT2D eigenvalue weighted by atomic mass is 19.1. The summed E-state index contributed by atoms with van der Waals surface area (Å²) in [6.45, 7) is 0.0997. The van der Waals surface area contributed by atoms with Crippen molar-refractivity contribution in [3.05, 3.63) is 71.3 Å². The van der Waals surface area contributed by atoms with Gasteiger partial charge in [-0.25, -0.2) is 8.78 Å². The molecule has 0 bridgehead atoms. The third-order valence-corrected chi connectivity index (χ3v) is 4.42. The molecule has 146 valence electrons.